The quantitative estimate of drug-likeness (QED) is 0.854. The van der Waals surface area contributed by atoms with Crippen LogP contribution in [0.3, 0.4) is 0 Å². The molecule has 0 radical (unpaired) electrons. The lowest BCUT2D eigenvalue weighted by molar-refractivity contribution is -0.121. The maximum atomic E-state index is 12.0. The van der Waals surface area contributed by atoms with E-state index in [0.717, 1.165) is 17.1 Å². The number of ether oxygens (including phenoxy) is 2. The molecule has 1 amide bonds. The molecule has 0 aliphatic heterocycles. The molecule has 0 aromatic heterocycles. The van der Waals surface area contributed by atoms with Gasteiger partial charge in [-0.1, -0.05) is 29.8 Å². The van der Waals surface area contributed by atoms with E-state index in [9.17, 15) is 4.79 Å². The Bertz CT molecular complexity index is 620. The highest BCUT2D eigenvalue weighted by molar-refractivity contribution is 5.78. The second-order valence-electron chi connectivity index (χ2n) is 5.62. The van der Waals surface area contributed by atoms with Crippen LogP contribution in [0.4, 0.5) is 0 Å². The molecule has 0 fully saturated rings. The van der Waals surface area contributed by atoms with Crippen molar-refractivity contribution >= 4 is 5.91 Å². The number of carbonyl (C=O) groups excluding carboxylic acids is 1. The second kappa shape index (κ2) is 8.22. The number of hydrogen-bond donors (Lipinski definition) is 1. The molecule has 4 heteroatoms. The van der Waals surface area contributed by atoms with E-state index in [4.69, 9.17) is 9.47 Å². The first-order valence-corrected chi connectivity index (χ1v) is 7.68. The lowest BCUT2D eigenvalue weighted by atomic mass is 10.1. The van der Waals surface area contributed by atoms with Crippen molar-refractivity contribution in [3.63, 3.8) is 0 Å². The minimum atomic E-state index is -0.0537. The normalized spacial score (nSPS) is 11.6. The molecule has 122 valence electrons. The molecule has 0 aliphatic rings. The van der Waals surface area contributed by atoms with E-state index in [1.54, 1.807) is 7.11 Å². The van der Waals surface area contributed by atoms with Crippen molar-refractivity contribution in [2.75, 3.05) is 13.7 Å². The van der Waals surface area contributed by atoms with E-state index in [2.05, 4.69) is 5.32 Å². The van der Waals surface area contributed by atoms with Crippen LogP contribution in [0.15, 0.2) is 48.5 Å². The number of nitrogens with one attached hydrogen (secondary N) is 1. The summed E-state index contributed by atoms with van der Waals surface area (Å²) >= 11 is 0. The van der Waals surface area contributed by atoms with Gasteiger partial charge in [0, 0.05) is 0 Å². The molecule has 1 N–H and O–H groups in total. The van der Waals surface area contributed by atoms with Gasteiger partial charge in [-0.2, -0.15) is 0 Å². The maximum absolute atomic E-state index is 12.0. The number of benzene rings is 2. The van der Waals surface area contributed by atoms with Gasteiger partial charge in [0.25, 0.3) is 0 Å². The van der Waals surface area contributed by atoms with Crippen molar-refractivity contribution in [2.24, 2.45) is 0 Å². The minimum absolute atomic E-state index is 0.0184. The molecule has 4 nitrogen and oxygen atoms in total. The molecule has 23 heavy (non-hydrogen) atoms. The molecule has 1 atom stereocenters. The average molecular weight is 313 g/mol. The molecule has 2 aromatic carbocycles. The summed E-state index contributed by atoms with van der Waals surface area (Å²) in [5, 5.41) is 2.94. The molecule has 0 bridgehead atoms. The standard InChI is InChI=1S/C19H23NO3/c1-14-4-8-18(9-5-14)23-13-15(2)20-19(21)12-16-6-10-17(22-3)11-7-16/h4-11,15H,12-13H2,1-3H3,(H,20,21)/t15-/m0/s1. The number of carbonyl (C=O) groups is 1. The van der Waals surface area contributed by atoms with Crippen molar-refractivity contribution in [1.29, 1.82) is 0 Å². The third-order valence-corrected chi connectivity index (χ3v) is 3.45. The van der Waals surface area contributed by atoms with E-state index in [0.29, 0.717) is 13.0 Å². The van der Waals surface area contributed by atoms with Gasteiger partial charge < -0.3 is 14.8 Å². The third kappa shape index (κ3) is 5.66. The lowest BCUT2D eigenvalue weighted by Gasteiger charge is -2.15. The van der Waals surface area contributed by atoms with E-state index >= 15 is 0 Å². The van der Waals surface area contributed by atoms with Crippen molar-refractivity contribution in [3.05, 3.63) is 59.7 Å². The first-order valence-electron chi connectivity index (χ1n) is 7.68. The van der Waals surface area contributed by atoms with E-state index in [1.165, 1.54) is 5.56 Å². The maximum Gasteiger partial charge on any atom is 0.224 e. The Morgan fingerprint density at radius 3 is 2.26 bits per heavy atom. The molecule has 0 saturated carbocycles. The largest absolute Gasteiger partial charge is 0.497 e. The van der Waals surface area contributed by atoms with Crippen LogP contribution >= 0.6 is 0 Å². The topological polar surface area (TPSA) is 47.6 Å². The summed E-state index contributed by atoms with van der Waals surface area (Å²) in [6, 6.07) is 15.3. The Morgan fingerprint density at radius 1 is 1.04 bits per heavy atom. The zero-order valence-corrected chi connectivity index (χ0v) is 13.8. The third-order valence-electron chi connectivity index (χ3n) is 3.45. The Morgan fingerprint density at radius 2 is 1.65 bits per heavy atom. The summed E-state index contributed by atoms with van der Waals surface area (Å²) in [7, 11) is 1.62. The van der Waals surface area contributed by atoms with Crippen LogP contribution in [0.1, 0.15) is 18.1 Å². The molecule has 2 aromatic rings. The lowest BCUT2D eigenvalue weighted by Crippen LogP contribution is -2.37. The predicted octanol–water partition coefficient (Wildman–Crippen LogP) is 3.13. The minimum Gasteiger partial charge on any atom is -0.497 e. The molecule has 0 aliphatic carbocycles. The Kier molecular flexibility index (Phi) is 6.03. The van der Waals surface area contributed by atoms with Crippen molar-refractivity contribution < 1.29 is 14.3 Å². The summed E-state index contributed by atoms with van der Waals surface area (Å²) in [5.74, 6) is 1.58. The van der Waals surface area contributed by atoms with Gasteiger partial charge in [0.05, 0.1) is 19.6 Å². The van der Waals surface area contributed by atoms with Gasteiger partial charge in [-0.05, 0) is 43.7 Å². The first-order chi connectivity index (χ1) is 11.1. The van der Waals surface area contributed by atoms with E-state index in [1.807, 2.05) is 62.4 Å². The van der Waals surface area contributed by atoms with Crippen LogP contribution in [0.2, 0.25) is 0 Å². The highest BCUT2D eigenvalue weighted by Gasteiger charge is 2.09. The van der Waals surface area contributed by atoms with Gasteiger partial charge in [0.1, 0.15) is 18.1 Å². The fourth-order valence-corrected chi connectivity index (χ4v) is 2.15. The zero-order chi connectivity index (χ0) is 16.7. The van der Waals surface area contributed by atoms with Crippen molar-refractivity contribution in [2.45, 2.75) is 26.3 Å². The molecular weight excluding hydrogens is 290 g/mol. The van der Waals surface area contributed by atoms with Gasteiger partial charge >= 0.3 is 0 Å². The van der Waals surface area contributed by atoms with Crippen LogP contribution in [0.5, 0.6) is 11.5 Å². The molecule has 0 unspecified atom stereocenters. The number of rotatable bonds is 7. The van der Waals surface area contributed by atoms with Crippen LogP contribution in [-0.2, 0) is 11.2 Å². The predicted molar refractivity (Wildman–Crippen MR) is 91.0 cm³/mol. The van der Waals surface area contributed by atoms with Crippen LogP contribution in [-0.4, -0.2) is 25.7 Å². The van der Waals surface area contributed by atoms with Gasteiger partial charge in [0.15, 0.2) is 0 Å². The van der Waals surface area contributed by atoms with Crippen molar-refractivity contribution in [1.82, 2.24) is 5.32 Å². The summed E-state index contributed by atoms with van der Waals surface area (Å²) in [4.78, 5) is 12.0. The SMILES string of the molecule is COc1ccc(CC(=O)N[C@@H](C)COc2ccc(C)cc2)cc1. The molecule has 2 rings (SSSR count). The average Bonchev–Trinajstić information content (AvgIpc) is 2.55. The van der Waals surface area contributed by atoms with Crippen LogP contribution in [0, 0.1) is 6.92 Å². The molecule has 0 spiro atoms. The Hall–Kier alpha value is -2.49. The zero-order valence-electron chi connectivity index (χ0n) is 13.8. The Labute approximate surface area is 137 Å². The fourth-order valence-electron chi connectivity index (χ4n) is 2.15. The number of methoxy groups -OCH3 is 1. The van der Waals surface area contributed by atoms with Gasteiger partial charge in [-0.15, -0.1) is 0 Å². The summed E-state index contributed by atoms with van der Waals surface area (Å²) in [6.07, 6.45) is 0.346. The van der Waals surface area contributed by atoms with E-state index in [-0.39, 0.29) is 11.9 Å². The second-order valence-corrected chi connectivity index (χ2v) is 5.62. The molecular formula is C19H23NO3. The van der Waals surface area contributed by atoms with E-state index < -0.39 is 0 Å². The van der Waals surface area contributed by atoms with Gasteiger partial charge in [-0.3, -0.25) is 4.79 Å². The van der Waals surface area contributed by atoms with Crippen LogP contribution < -0.4 is 14.8 Å². The fraction of sp³-hybridized carbons (Fsp3) is 0.316. The number of hydrogen-bond acceptors (Lipinski definition) is 3. The molecule has 0 heterocycles. The van der Waals surface area contributed by atoms with Crippen molar-refractivity contribution in [3.8, 4) is 11.5 Å². The van der Waals surface area contributed by atoms with Gasteiger partial charge in [0.2, 0.25) is 5.91 Å². The van der Waals surface area contributed by atoms with Gasteiger partial charge in [-0.25, -0.2) is 0 Å². The summed E-state index contributed by atoms with van der Waals surface area (Å²) < 4.78 is 10.8. The number of amides is 1. The molecule has 0 saturated heterocycles. The Balaban J connectivity index is 1.76. The summed E-state index contributed by atoms with van der Waals surface area (Å²) in [5.41, 5.74) is 2.15. The van der Waals surface area contributed by atoms with Crippen LogP contribution in [0.25, 0.3) is 0 Å². The number of aryl methyl sites for hydroxylation is 1. The highest BCUT2D eigenvalue weighted by Crippen LogP contribution is 2.12. The smallest absolute Gasteiger partial charge is 0.224 e. The monoisotopic (exact) mass is 313 g/mol. The summed E-state index contributed by atoms with van der Waals surface area (Å²) in [6.45, 7) is 4.41. The first kappa shape index (κ1) is 16.9. The highest BCUT2D eigenvalue weighted by atomic mass is 16.5.